The number of ether oxygens (including phenoxy) is 3. The fraction of sp³-hybridized carbons (Fsp3) is 0.520. The molecular weight excluding hydrogens is 426 g/mol. The Bertz CT molecular complexity index is 836. The minimum absolute atomic E-state index is 0.214. The number of hydrogen-bond donors (Lipinski definition) is 0. The van der Waals surface area contributed by atoms with Crippen LogP contribution in [0, 0.1) is 0 Å². The van der Waals surface area contributed by atoms with Gasteiger partial charge in [-0.05, 0) is 43.9 Å². The zero-order valence-corrected chi connectivity index (χ0v) is 19.9. The van der Waals surface area contributed by atoms with Crippen LogP contribution in [0.25, 0.3) is 0 Å². The molecule has 1 aliphatic carbocycles. The predicted molar refractivity (Wildman–Crippen MR) is 126 cm³/mol. The number of allylic oxidation sites excluding steroid dienone is 3. The fourth-order valence-electron chi connectivity index (χ4n) is 4.07. The van der Waals surface area contributed by atoms with Gasteiger partial charge in [0.1, 0.15) is 11.4 Å². The molecule has 1 aliphatic heterocycles. The fourth-order valence-corrected chi connectivity index (χ4v) is 5.26. The molecule has 2 amide bonds. The van der Waals surface area contributed by atoms with Crippen molar-refractivity contribution in [3.05, 3.63) is 59.7 Å². The smallest absolute Gasteiger partial charge is 0.417 e. The summed E-state index contributed by atoms with van der Waals surface area (Å²) in [6.07, 6.45) is 9.62. The van der Waals surface area contributed by atoms with Crippen LogP contribution in [0.2, 0.25) is 0 Å². The Labute approximate surface area is 195 Å². The average Bonchev–Trinajstić information content (AvgIpc) is 3.17. The van der Waals surface area contributed by atoms with Crippen LogP contribution in [0.1, 0.15) is 38.2 Å². The molecule has 3 rings (SSSR count). The van der Waals surface area contributed by atoms with E-state index in [2.05, 4.69) is 12.2 Å². The molecule has 7 heteroatoms. The number of carbonyl (C=O) groups excluding carboxylic acids is 2. The molecule has 0 saturated carbocycles. The number of imide groups is 1. The van der Waals surface area contributed by atoms with Gasteiger partial charge in [-0.2, -0.15) is 0 Å². The number of benzene rings is 1. The molecule has 1 aromatic rings. The first kappa shape index (κ1) is 24.6. The first-order valence-electron chi connectivity index (χ1n) is 11.1. The topological polar surface area (TPSA) is 65.1 Å². The molecule has 1 saturated heterocycles. The highest BCUT2D eigenvalue weighted by molar-refractivity contribution is 8.01. The normalized spacial score (nSPS) is 21.8. The lowest BCUT2D eigenvalue weighted by atomic mass is 9.96. The highest BCUT2D eigenvalue weighted by atomic mass is 32.2. The molecule has 6 nitrogen and oxygen atoms in total. The molecule has 1 fully saturated rings. The summed E-state index contributed by atoms with van der Waals surface area (Å²) in [6, 6.07) is 9.56. The molecule has 0 unspecified atom stereocenters. The minimum atomic E-state index is -0.901. The second-order valence-electron chi connectivity index (χ2n) is 8.25. The number of thioether (sulfide) groups is 1. The van der Waals surface area contributed by atoms with Gasteiger partial charge in [-0.3, -0.25) is 4.79 Å². The lowest BCUT2D eigenvalue weighted by Crippen LogP contribution is -2.49. The Hall–Kier alpha value is -2.09. The standard InChI is InChI=1S/C25H33NO5S/c1-25(17-20-12-8-5-9-13-20,32-15-14-22(29-2)30-3)23(27)26-21(18-31-24(26)28)16-19-10-6-4-7-11-19/h4,6-8,10-12,17,21-22H,5,9,13-16,18H2,1-3H3/b20-17-/t21-,25+/m0/s1. The highest BCUT2D eigenvalue weighted by Gasteiger charge is 2.45. The number of amides is 2. The third-order valence-electron chi connectivity index (χ3n) is 5.83. The molecule has 2 aliphatic rings. The van der Waals surface area contributed by atoms with E-state index in [4.69, 9.17) is 14.2 Å². The van der Waals surface area contributed by atoms with Crippen LogP contribution in [0.15, 0.2) is 54.1 Å². The van der Waals surface area contributed by atoms with Crippen LogP contribution in [-0.4, -0.2) is 60.6 Å². The maximum atomic E-state index is 13.8. The van der Waals surface area contributed by atoms with E-state index >= 15 is 0 Å². The minimum Gasteiger partial charge on any atom is -0.447 e. The summed E-state index contributed by atoms with van der Waals surface area (Å²) in [5, 5.41) is 0. The number of methoxy groups -OCH3 is 2. The summed E-state index contributed by atoms with van der Waals surface area (Å²) >= 11 is 1.51. The van der Waals surface area contributed by atoms with E-state index in [1.54, 1.807) is 14.2 Å². The maximum Gasteiger partial charge on any atom is 0.417 e. The van der Waals surface area contributed by atoms with Gasteiger partial charge in [0.05, 0.1) is 6.04 Å². The highest BCUT2D eigenvalue weighted by Crippen LogP contribution is 2.35. The van der Waals surface area contributed by atoms with Gasteiger partial charge in [0, 0.05) is 20.6 Å². The number of rotatable bonds is 10. The summed E-state index contributed by atoms with van der Waals surface area (Å²) in [4.78, 5) is 27.8. The van der Waals surface area contributed by atoms with Crippen LogP contribution in [-0.2, 0) is 25.4 Å². The SMILES string of the molecule is COC(CCS[C@](C)(/C=C1/C=CCCC1)C(=O)N1C(=O)OC[C@@H]1Cc1ccccc1)OC. The number of cyclic esters (lactones) is 1. The van der Waals surface area contributed by atoms with Crippen molar-refractivity contribution in [1.29, 1.82) is 0 Å². The van der Waals surface area contributed by atoms with Gasteiger partial charge >= 0.3 is 6.09 Å². The van der Waals surface area contributed by atoms with E-state index in [-0.39, 0.29) is 24.8 Å². The second-order valence-corrected chi connectivity index (χ2v) is 9.80. The largest absolute Gasteiger partial charge is 0.447 e. The first-order valence-corrected chi connectivity index (χ1v) is 12.1. The van der Waals surface area contributed by atoms with Gasteiger partial charge in [-0.1, -0.05) is 54.1 Å². The molecule has 1 heterocycles. The molecule has 0 N–H and O–H groups in total. The van der Waals surface area contributed by atoms with Crippen molar-refractivity contribution in [2.24, 2.45) is 0 Å². The number of carbonyl (C=O) groups is 2. The van der Waals surface area contributed by atoms with Crippen LogP contribution >= 0.6 is 11.8 Å². The van der Waals surface area contributed by atoms with Crippen molar-refractivity contribution >= 4 is 23.8 Å². The van der Waals surface area contributed by atoms with Crippen LogP contribution < -0.4 is 0 Å². The number of hydrogen-bond acceptors (Lipinski definition) is 6. The van der Waals surface area contributed by atoms with E-state index in [0.29, 0.717) is 18.6 Å². The first-order chi connectivity index (χ1) is 15.5. The zero-order chi connectivity index (χ0) is 23.0. The maximum absolute atomic E-state index is 13.8. The Kier molecular flexibility index (Phi) is 8.96. The molecular formula is C25H33NO5S. The van der Waals surface area contributed by atoms with Gasteiger partial charge in [-0.25, -0.2) is 9.69 Å². The van der Waals surface area contributed by atoms with Crippen molar-refractivity contribution in [3.8, 4) is 0 Å². The third-order valence-corrected chi connectivity index (χ3v) is 7.16. The molecule has 0 spiro atoms. The zero-order valence-electron chi connectivity index (χ0n) is 19.1. The van der Waals surface area contributed by atoms with Crippen LogP contribution in [0.4, 0.5) is 4.79 Å². The summed E-state index contributed by atoms with van der Waals surface area (Å²) in [7, 11) is 3.21. The van der Waals surface area contributed by atoms with Gasteiger partial charge in [0.25, 0.3) is 5.91 Å². The van der Waals surface area contributed by atoms with Crippen molar-refractivity contribution in [1.82, 2.24) is 4.90 Å². The van der Waals surface area contributed by atoms with E-state index in [1.807, 2.05) is 43.3 Å². The van der Waals surface area contributed by atoms with E-state index in [0.717, 1.165) is 30.4 Å². The van der Waals surface area contributed by atoms with Crippen LogP contribution in [0.3, 0.4) is 0 Å². The summed E-state index contributed by atoms with van der Waals surface area (Å²) in [6.45, 7) is 2.11. The Morgan fingerprint density at radius 2 is 2.06 bits per heavy atom. The quantitative estimate of drug-likeness (QED) is 0.471. The molecule has 1 aromatic carbocycles. The van der Waals surface area contributed by atoms with Crippen molar-refractivity contribution in [3.63, 3.8) is 0 Å². The summed E-state index contributed by atoms with van der Waals surface area (Å²) in [5.74, 6) is 0.415. The van der Waals surface area contributed by atoms with Crippen molar-refractivity contribution < 1.29 is 23.8 Å². The molecule has 174 valence electrons. The Morgan fingerprint density at radius 1 is 1.31 bits per heavy atom. The molecule has 0 aromatic heterocycles. The van der Waals surface area contributed by atoms with Gasteiger partial charge < -0.3 is 14.2 Å². The van der Waals surface area contributed by atoms with E-state index in [9.17, 15) is 9.59 Å². The molecule has 2 atom stereocenters. The summed E-state index contributed by atoms with van der Waals surface area (Å²) < 4.78 is 15.0. The van der Waals surface area contributed by atoms with E-state index in [1.165, 1.54) is 16.7 Å². The molecule has 0 radical (unpaired) electrons. The molecule has 32 heavy (non-hydrogen) atoms. The van der Waals surface area contributed by atoms with E-state index < -0.39 is 10.8 Å². The Balaban J connectivity index is 1.82. The predicted octanol–water partition coefficient (Wildman–Crippen LogP) is 4.74. The average molecular weight is 460 g/mol. The van der Waals surface area contributed by atoms with Crippen molar-refractivity contribution in [2.45, 2.75) is 56.1 Å². The Morgan fingerprint density at radius 3 is 2.72 bits per heavy atom. The monoisotopic (exact) mass is 459 g/mol. The second kappa shape index (κ2) is 11.7. The number of nitrogens with zero attached hydrogens (tertiary/aromatic N) is 1. The van der Waals surface area contributed by atoms with Crippen LogP contribution in [0.5, 0.6) is 0 Å². The lowest BCUT2D eigenvalue weighted by Gasteiger charge is -2.31. The third kappa shape index (κ3) is 6.24. The van der Waals surface area contributed by atoms with Gasteiger partial charge in [0.2, 0.25) is 0 Å². The van der Waals surface area contributed by atoms with Gasteiger partial charge in [0.15, 0.2) is 6.29 Å². The lowest BCUT2D eigenvalue weighted by molar-refractivity contribution is -0.130. The summed E-state index contributed by atoms with van der Waals surface area (Å²) in [5.41, 5.74) is 2.20. The van der Waals surface area contributed by atoms with Crippen molar-refractivity contribution in [2.75, 3.05) is 26.6 Å². The molecule has 0 bridgehead atoms. The van der Waals surface area contributed by atoms with Gasteiger partial charge in [-0.15, -0.1) is 11.8 Å².